The normalized spacial score (nSPS) is 15.9. The Hall–Kier alpha value is -2.93. The second-order valence-corrected chi connectivity index (χ2v) is 7.77. The minimum absolute atomic E-state index is 0.478. The van der Waals surface area contributed by atoms with E-state index in [-0.39, 0.29) is 0 Å². The van der Waals surface area contributed by atoms with Gasteiger partial charge in [0.15, 0.2) is 0 Å². The summed E-state index contributed by atoms with van der Waals surface area (Å²) in [5, 5.41) is 8.87. The standard InChI is InChI=1S/C21H24N6S/c22-13-17(14-23-15-7-3-1-4-8-15)25-21-26-18-11-12-28-19(18)20(27-21)24-16-9-5-2-6-10-16/h1,3-4,7-8,11-14,16H,2,5-6,9-10,22H2,(H2,24,25,26,27). The van der Waals surface area contributed by atoms with E-state index in [0.29, 0.717) is 17.7 Å². The molecule has 0 saturated heterocycles. The van der Waals surface area contributed by atoms with Crippen molar-refractivity contribution in [1.29, 1.82) is 0 Å². The number of fused-ring (bicyclic) bond motifs is 1. The van der Waals surface area contributed by atoms with Gasteiger partial charge in [0.05, 0.1) is 27.8 Å². The summed E-state index contributed by atoms with van der Waals surface area (Å²) in [5.74, 6) is 1.41. The minimum atomic E-state index is 0.478. The molecule has 0 unspecified atom stereocenters. The van der Waals surface area contributed by atoms with Crippen molar-refractivity contribution in [2.75, 3.05) is 10.6 Å². The van der Waals surface area contributed by atoms with Crippen LogP contribution in [0.3, 0.4) is 0 Å². The number of aromatic nitrogens is 2. The first kappa shape index (κ1) is 18.4. The van der Waals surface area contributed by atoms with E-state index < -0.39 is 0 Å². The molecule has 144 valence electrons. The van der Waals surface area contributed by atoms with Crippen molar-refractivity contribution in [2.24, 2.45) is 10.7 Å². The number of rotatable bonds is 6. The Kier molecular flexibility index (Phi) is 5.82. The molecule has 4 rings (SSSR count). The first-order valence-corrected chi connectivity index (χ1v) is 10.5. The second-order valence-electron chi connectivity index (χ2n) is 6.85. The van der Waals surface area contributed by atoms with Gasteiger partial charge in [-0.15, -0.1) is 11.3 Å². The van der Waals surface area contributed by atoms with Gasteiger partial charge >= 0.3 is 0 Å². The molecule has 0 radical (unpaired) electrons. The maximum atomic E-state index is 5.78. The highest BCUT2D eigenvalue weighted by Gasteiger charge is 2.17. The number of para-hydroxylation sites is 1. The predicted octanol–water partition coefficient (Wildman–Crippen LogP) is 5.05. The quantitative estimate of drug-likeness (QED) is 0.511. The lowest BCUT2D eigenvalue weighted by molar-refractivity contribution is 0.462. The van der Waals surface area contributed by atoms with Gasteiger partial charge in [-0.3, -0.25) is 4.99 Å². The zero-order valence-corrected chi connectivity index (χ0v) is 16.5. The van der Waals surface area contributed by atoms with E-state index >= 15 is 0 Å². The number of nitrogens with zero attached hydrogens (tertiary/aromatic N) is 3. The van der Waals surface area contributed by atoms with Gasteiger partial charge in [-0.25, -0.2) is 4.98 Å². The number of hydrogen-bond acceptors (Lipinski definition) is 7. The molecule has 6 nitrogen and oxygen atoms in total. The molecule has 1 fully saturated rings. The zero-order chi connectivity index (χ0) is 19.2. The molecule has 1 aromatic carbocycles. The Morgan fingerprint density at radius 2 is 1.93 bits per heavy atom. The Morgan fingerprint density at radius 1 is 1.11 bits per heavy atom. The molecule has 1 aliphatic carbocycles. The highest BCUT2D eigenvalue weighted by Crippen LogP contribution is 2.30. The first-order chi connectivity index (χ1) is 13.8. The predicted molar refractivity (Wildman–Crippen MR) is 118 cm³/mol. The lowest BCUT2D eigenvalue weighted by Gasteiger charge is -2.23. The minimum Gasteiger partial charge on any atom is -0.403 e. The molecule has 0 bridgehead atoms. The second kappa shape index (κ2) is 8.84. The van der Waals surface area contributed by atoms with Crippen molar-refractivity contribution in [3.05, 3.63) is 53.7 Å². The van der Waals surface area contributed by atoms with E-state index in [0.717, 1.165) is 21.7 Å². The van der Waals surface area contributed by atoms with Crippen LogP contribution >= 0.6 is 11.3 Å². The van der Waals surface area contributed by atoms with Crippen molar-refractivity contribution in [3.8, 4) is 0 Å². The first-order valence-electron chi connectivity index (χ1n) is 9.61. The lowest BCUT2D eigenvalue weighted by atomic mass is 9.95. The van der Waals surface area contributed by atoms with Crippen molar-refractivity contribution in [2.45, 2.75) is 38.1 Å². The number of nitrogens with two attached hydrogens (primary N) is 1. The van der Waals surface area contributed by atoms with Crippen LogP contribution in [-0.4, -0.2) is 22.2 Å². The third kappa shape index (κ3) is 4.48. The van der Waals surface area contributed by atoms with E-state index in [1.54, 1.807) is 17.6 Å². The number of thiophene rings is 1. The van der Waals surface area contributed by atoms with Crippen LogP contribution in [0, 0.1) is 0 Å². The summed E-state index contributed by atoms with van der Waals surface area (Å²) in [6.45, 7) is 0. The van der Waals surface area contributed by atoms with E-state index in [2.05, 4.69) is 20.6 Å². The molecule has 4 N–H and O–H groups in total. The number of anilines is 2. The molecule has 1 aliphatic rings. The molecule has 1 saturated carbocycles. The van der Waals surface area contributed by atoms with Crippen molar-refractivity contribution in [1.82, 2.24) is 9.97 Å². The van der Waals surface area contributed by atoms with Gasteiger partial charge < -0.3 is 16.4 Å². The van der Waals surface area contributed by atoms with Crippen molar-refractivity contribution >= 4 is 45.2 Å². The number of allylic oxidation sites excluding steroid dienone is 1. The number of hydrogen-bond donors (Lipinski definition) is 3. The van der Waals surface area contributed by atoms with E-state index in [1.165, 1.54) is 38.3 Å². The summed E-state index contributed by atoms with van der Waals surface area (Å²) >= 11 is 1.66. The molecule has 0 atom stereocenters. The van der Waals surface area contributed by atoms with Gasteiger partial charge in [0, 0.05) is 12.2 Å². The number of aliphatic imine (C=N–C) groups is 1. The molecule has 0 spiro atoms. The summed E-state index contributed by atoms with van der Waals surface area (Å²) in [5.41, 5.74) is 8.21. The Morgan fingerprint density at radius 3 is 2.71 bits per heavy atom. The number of benzene rings is 1. The molecule has 3 aromatic rings. The van der Waals surface area contributed by atoms with Crippen LogP contribution in [-0.2, 0) is 0 Å². The molecule has 2 aromatic heterocycles. The van der Waals surface area contributed by atoms with Crippen LogP contribution in [0.4, 0.5) is 17.5 Å². The van der Waals surface area contributed by atoms with E-state index in [4.69, 9.17) is 10.7 Å². The average molecular weight is 393 g/mol. The highest BCUT2D eigenvalue weighted by molar-refractivity contribution is 7.17. The Balaban J connectivity index is 1.55. The van der Waals surface area contributed by atoms with Gasteiger partial charge in [0.25, 0.3) is 0 Å². The SMILES string of the molecule is NC=C(C=Nc1ccccc1)Nc1nc(NC2CCCCC2)c2sccc2n1. The topological polar surface area (TPSA) is 88.2 Å². The summed E-state index contributed by atoms with van der Waals surface area (Å²) in [6, 6.07) is 12.2. The third-order valence-electron chi connectivity index (χ3n) is 4.79. The van der Waals surface area contributed by atoms with Crippen LogP contribution in [0.5, 0.6) is 0 Å². The maximum Gasteiger partial charge on any atom is 0.229 e. The molecule has 0 amide bonds. The Labute approximate surface area is 168 Å². The fraction of sp³-hybridized carbons (Fsp3) is 0.286. The fourth-order valence-corrected chi connectivity index (χ4v) is 4.15. The highest BCUT2D eigenvalue weighted by atomic mass is 32.1. The van der Waals surface area contributed by atoms with E-state index in [1.807, 2.05) is 41.8 Å². The fourth-order valence-electron chi connectivity index (χ4n) is 3.36. The number of nitrogens with one attached hydrogen (secondary N) is 2. The molecule has 7 heteroatoms. The van der Waals surface area contributed by atoms with Crippen LogP contribution < -0.4 is 16.4 Å². The van der Waals surface area contributed by atoms with Gasteiger partial charge in [0.1, 0.15) is 5.82 Å². The van der Waals surface area contributed by atoms with Crippen molar-refractivity contribution in [3.63, 3.8) is 0 Å². The van der Waals surface area contributed by atoms with Gasteiger partial charge in [-0.1, -0.05) is 37.5 Å². The maximum absolute atomic E-state index is 5.78. The molecular weight excluding hydrogens is 368 g/mol. The van der Waals surface area contributed by atoms with Crippen molar-refractivity contribution < 1.29 is 0 Å². The van der Waals surface area contributed by atoms with E-state index in [9.17, 15) is 0 Å². The van der Waals surface area contributed by atoms with Crippen LogP contribution in [0.15, 0.2) is 58.7 Å². The lowest BCUT2D eigenvalue weighted by Crippen LogP contribution is -2.23. The third-order valence-corrected chi connectivity index (χ3v) is 5.70. The van der Waals surface area contributed by atoms with Gasteiger partial charge in [-0.2, -0.15) is 4.98 Å². The molecule has 2 heterocycles. The Bertz CT molecular complexity index is 973. The van der Waals surface area contributed by atoms with Crippen LogP contribution in [0.2, 0.25) is 0 Å². The largest absolute Gasteiger partial charge is 0.403 e. The average Bonchev–Trinajstić information content (AvgIpc) is 3.21. The zero-order valence-electron chi connectivity index (χ0n) is 15.6. The van der Waals surface area contributed by atoms with Crippen LogP contribution in [0.25, 0.3) is 10.2 Å². The molecule has 0 aliphatic heterocycles. The summed E-state index contributed by atoms with van der Waals surface area (Å²) in [7, 11) is 0. The van der Waals surface area contributed by atoms with Crippen LogP contribution in [0.1, 0.15) is 32.1 Å². The summed E-state index contributed by atoms with van der Waals surface area (Å²) < 4.78 is 1.09. The van der Waals surface area contributed by atoms with Gasteiger partial charge in [0.2, 0.25) is 5.95 Å². The smallest absolute Gasteiger partial charge is 0.229 e. The molecular formula is C21H24N6S. The monoisotopic (exact) mass is 392 g/mol. The molecule has 28 heavy (non-hydrogen) atoms. The summed E-state index contributed by atoms with van der Waals surface area (Å²) in [4.78, 5) is 13.8. The summed E-state index contributed by atoms with van der Waals surface area (Å²) in [6.07, 6.45) is 9.42. The van der Waals surface area contributed by atoms with Gasteiger partial charge in [-0.05, 0) is 36.4 Å².